The van der Waals surface area contributed by atoms with Crippen LogP contribution in [0.4, 0.5) is 5.82 Å². The van der Waals surface area contributed by atoms with E-state index in [1.54, 1.807) is 29.7 Å². The molecule has 116 valence electrons. The van der Waals surface area contributed by atoms with E-state index in [4.69, 9.17) is 0 Å². The molecule has 2 atom stereocenters. The minimum atomic E-state index is -3.41. The Bertz CT molecular complexity index is 601. The van der Waals surface area contributed by atoms with E-state index >= 15 is 0 Å². The highest BCUT2D eigenvalue weighted by atomic mass is 32.2. The summed E-state index contributed by atoms with van der Waals surface area (Å²) in [6, 6.07) is 3.42. The summed E-state index contributed by atoms with van der Waals surface area (Å²) in [7, 11) is -1.66. The normalized spacial score (nSPS) is 27.1. The predicted molar refractivity (Wildman–Crippen MR) is 82.7 cm³/mol. The third-order valence-electron chi connectivity index (χ3n) is 4.79. The zero-order chi connectivity index (χ0) is 14.9. The predicted octanol–water partition coefficient (Wildman–Crippen LogP) is 2.47. The zero-order valence-electron chi connectivity index (χ0n) is 12.5. The third kappa shape index (κ3) is 2.79. The first-order valence-electron chi connectivity index (χ1n) is 7.78. The van der Waals surface area contributed by atoms with Gasteiger partial charge in [-0.1, -0.05) is 12.8 Å². The number of nitrogens with zero attached hydrogens (tertiary/aromatic N) is 2. The summed E-state index contributed by atoms with van der Waals surface area (Å²) in [5.41, 5.74) is 0. The summed E-state index contributed by atoms with van der Waals surface area (Å²) in [4.78, 5) is 4.46. The largest absolute Gasteiger partial charge is 0.373 e. The van der Waals surface area contributed by atoms with Gasteiger partial charge < -0.3 is 5.32 Å². The second-order valence-corrected chi connectivity index (χ2v) is 7.89. The topological polar surface area (TPSA) is 62.3 Å². The molecule has 21 heavy (non-hydrogen) atoms. The monoisotopic (exact) mass is 309 g/mol. The van der Waals surface area contributed by atoms with Crippen LogP contribution in [0.5, 0.6) is 0 Å². The quantitative estimate of drug-likeness (QED) is 0.931. The maximum atomic E-state index is 13.0. The van der Waals surface area contributed by atoms with Crippen LogP contribution in [0.2, 0.25) is 0 Å². The van der Waals surface area contributed by atoms with E-state index in [9.17, 15) is 8.42 Å². The molecule has 0 radical (unpaired) electrons. The Morgan fingerprint density at radius 3 is 2.81 bits per heavy atom. The lowest BCUT2D eigenvalue weighted by atomic mass is 9.79. The second-order valence-electron chi connectivity index (χ2n) is 6.00. The van der Waals surface area contributed by atoms with Crippen LogP contribution >= 0.6 is 0 Å². The van der Waals surface area contributed by atoms with Gasteiger partial charge in [0.25, 0.3) is 0 Å². The van der Waals surface area contributed by atoms with Crippen LogP contribution in [0.3, 0.4) is 0 Å². The summed E-state index contributed by atoms with van der Waals surface area (Å²) in [5, 5.41) is 2.90. The molecule has 2 unspecified atom stereocenters. The van der Waals surface area contributed by atoms with Gasteiger partial charge in [0.2, 0.25) is 10.0 Å². The SMILES string of the molecule is CNc1cc(S(=O)(=O)N2CCCC3CCCCC32)ccn1. The molecule has 1 aromatic rings. The van der Waals surface area contributed by atoms with E-state index in [0.717, 1.165) is 19.3 Å². The Balaban J connectivity index is 1.92. The summed E-state index contributed by atoms with van der Waals surface area (Å²) in [6.45, 7) is 0.653. The van der Waals surface area contributed by atoms with Crippen molar-refractivity contribution in [1.82, 2.24) is 9.29 Å². The maximum Gasteiger partial charge on any atom is 0.243 e. The lowest BCUT2D eigenvalue weighted by Gasteiger charge is -2.43. The van der Waals surface area contributed by atoms with Crippen LogP contribution in [0, 0.1) is 5.92 Å². The average Bonchev–Trinajstić information content (AvgIpc) is 2.54. The molecule has 0 amide bonds. The molecule has 0 aromatic carbocycles. The van der Waals surface area contributed by atoms with Crippen LogP contribution in [0.15, 0.2) is 23.2 Å². The molecule has 0 spiro atoms. The number of nitrogens with one attached hydrogen (secondary N) is 1. The van der Waals surface area contributed by atoms with Crippen molar-refractivity contribution >= 4 is 15.8 Å². The lowest BCUT2D eigenvalue weighted by molar-refractivity contribution is 0.129. The summed E-state index contributed by atoms with van der Waals surface area (Å²) in [5.74, 6) is 1.14. The van der Waals surface area contributed by atoms with Crippen molar-refractivity contribution in [2.24, 2.45) is 5.92 Å². The molecule has 3 rings (SSSR count). The molecule has 1 aromatic heterocycles. The number of anilines is 1. The molecule has 0 bridgehead atoms. The Morgan fingerprint density at radius 1 is 1.24 bits per heavy atom. The molecule has 1 saturated heterocycles. The fourth-order valence-electron chi connectivity index (χ4n) is 3.72. The second kappa shape index (κ2) is 5.93. The minimum absolute atomic E-state index is 0.198. The molecule has 6 heteroatoms. The summed E-state index contributed by atoms with van der Waals surface area (Å²) in [6.07, 6.45) is 8.28. The van der Waals surface area contributed by atoms with Gasteiger partial charge in [0.15, 0.2) is 0 Å². The number of hydrogen-bond acceptors (Lipinski definition) is 4. The number of piperidine rings is 1. The smallest absolute Gasteiger partial charge is 0.243 e. The molecule has 5 nitrogen and oxygen atoms in total. The Labute approximate surface area is 126 Å². The van der Waals surface area contributed by atoms with E-state index < -0.39 is 10.0 Å². The van der Waals surface area contributed by atoms with Gasteiger partial charge in [-0.05, 0) is 37.7 Å². The first kappa shape index (κ1) is 14.8. The number of aromatic nitrogens is 1. The molecule has 1 aliphatic heterocycles. The van der Waals surface area contributed by atoms with Gasteiger partial charge in [-0.15, -0.1) is 0 Å². The lowest BCUT2D eigenvalue weighted by Crippen LogP contribution is -2.49. The highest BCUT2D eigenvalue weighted by Crippen LogP contribution is 2.38. The summed E-state index contributed by atoms with van der Waals surface area (Å²) >= 11 is 0. The van der Waals surface area contributed by atoms with E-state index in [1.807, 2.05) is 0 Å². The molecule has 1 aliphatic carbocycles. The van der Waals surface area contributed by atoms with Crippen LogP contribution in [-0.4, -0.2) is 37.3 Å². The molecular weight excluding hydrogens is 286 g/mol. The molecule has 1 saturated carbocycles. The van der Waals surface area contributed by atoms with Crippen LogP contribution in [0.25, 0.3) is 0 Å². The Morgan fingerprint density at radius 2 is 2.00 bits per heavy atom. The van der Waals surface area contributed by atoms with Crippen molar-refractivity contribution in [3.05, 3.63) is 18.3 Å². The number of fused-ring (bicyclic) bond motifs is 1. The fourth-order valence-corrected chi connectivity index (χ4v) is 5.49. The van der Waals surface area contributed by atoms with Gasteiger partial charge in [0.1, 0.15) is 5.82 Å². The number of sulfonamides is 1. The standard InChI is InChI=1S/C15H23N3O2S/c1-16-15-11-13(8-9-17-15)21(19,20)18-10-4-6-12-5-2-3-7-14(12)18/h8-9,11-12,14H,2-7,10H2,1H3,(H,16,17). The highest BCUT2D eigenvalue weighted by molar-refractivity contribution is 7.89. The van der Waals surface area contributed by atoms with E-state index in [-0.39, 0.29) is 6.04 Å². The van der Waals surface area contributed by atoms with E-state index in [2.05, 4.69) is 10.3 Å². The first-order valence-corrected chi connectivity index (χ1v) is 9.22. The highest BCUT2D eigenvalue weighted by Gasteiger charge is 2.39. The number of hydrogen-bond donors (Lipinski definition) is 1. The van der Waals surface area contributed by atoms with Crippen molar-refractivity contribution in [1.29, 1.82) is 0 Å². The number of rotatable bonds is 3. The van der Waals surface area contributed by atoms with Gasteiger partial charge in [-0.2, -0.15) is 4.31 Å². The fraction of sp³-hybridized carbons (Fsp3) is 0.667. The van der Waals surface area contributed by atoms with Crippen molar-refractivity contribution in [3.63, 3.8) is 0 Å². The van der Waals surface area contributed by atoms with Crippen LogP contribution in [-0.2, 0) is 10.0 Å². The van der Waals surface area contributed by atoms with Crippen LogP contribution < -0.4 is 5.32 Å². The van der Waals surface area contributed by atoms with Crippen molar-refractivity contribution in [2.45, 2.75) is 49.5 Å². The Hall–Kier alpha value is -1.14. The third-order valence-corrected chi connectivity index (χ3v) is 6.71. The minimum Gasteiger partial charge on any atom is -0.373 e. The van der Waals surface area contributed by atoms with E-state index in [1.165, 1.54) is 19.3 Å². The number of pyridine rings is 1. The van der Waals surface area contributed by atoms with Crippen molar-refractivity contribution in [2.75, 3.05) is 18.9 Å². The molecule has 1 N–H and O–H groups in total. The van der Waals surface area contributed by atoms with Gasteiger partial charge >= 0.3 is 0 Å². The summed E-state index contributed by atoms with van der Waals surface area (Å²) < 4.78 is 27.7. The van der Waals surface area contributed by atoms with Gasteiger partial charge in [-0.25, -0.2) is 13.4 Å². The Kier molecular flexibility index (Phi) is 4.17. The van der Waals surface area contributed by atoms with Crippen molar-refractivity contribution in [3.8, 4) is 0 Å². The molecular formula is C15H23N3O2S. The first-order chi connectivity index (χ1) is 10.1. The average molecular weight is 309 g/mol. The van der Waals surface area contributed by atoms with Gasteiger partial charge in [-0.3, -0.25) is 0 Å². The van der Waals surface area contributed by atoms with Gasteiger partial charge in [0, 0.05) is 31.9 Å². The van der Waals surface area contributed by atoms with Crippen molar-refractivity contribution < 1.29 is 8.42 Å². The van der Waals surface area contributed by atoms with Crippen LogP contribution in [0.1, 0.15) is 38.5 Å². The molecule has 2 fully saturated rings. The van der Waals surface area contributed by atoms with Gasteiger partial charge in [0.05, 0.1) is 4.90 Å². The van der Waals surface area contributed by atoms with E-state index in [0.29, 0.717) is 23.2 Å². The maximum absolute atomic E-state index is 13.0. The molecule has 2 aliphatic rings. The molecule has 2 heterocycles. The zero-order valence-corrected chi connectivity index (χ0v) is 13.3.